The molecule has 0 fully saturated rings. The van der Waals surface area contributed by atoms with Gasteiger partial charge in [0.1, 0.15) is 0 Å². The molecule has 138 valence electrons. The summed E-state index contributed by atoms with van der Waals surface area (Å²) in [5.41, 5.74) is -1.13. The van der Waals surface area contributed by atoms with Crippen molar-refractivity contribution in [2.45, 2.75) is 45.1 Å². The van der Waals surface area contributed by atoms with Crippen LogP contribution in [0.5, 0.6) is 0 Å². The van der Waals surface area contributed by atoms with Crippen LogP contribution in [0.4, 0.5) is 5.69 Å². The lowest BCUT2D eigenvalue weighted by atomic mass is 9.85. The van der Waals surface area contributed by atoms with Gasteiger partial charge in [0.05, 0.1) is 23.5 Å². The van der Waals surface area contributed by atoms with Crippen molar-refractivity contribution in [3.05, 3.63) is 39.4 Å². The number of nitrogens with zero attached hydrogens (tertiary/aromatic N) is 1. The van der Waals surface area contributed by atoms with E-state index in [-0.39, 0.29) is 24.3 Å². The molecule has 0 spiro atoms. The molecule has 0 radical (unpaired) electrons. The van der Waals surface area contributed by atoms with Gasteiger partial charge in [0.25, 0.3) is 11.6 Å². The zero-order chi connectivity index (χ0) is 19.4. The number of aliphatic carboxylic acids is 1. The van der Waals surface area contributed by atoms with Crippen molar-refractivity contribution < 1.29 is 24.4 Å². The summed E-state index contributed by atoms with van der Waals surface area (Å²) in [5, 5.41) is 23.0. The van der Waals surface area contributed by atoms with E-state index < -0.39 is 27.8 Å². The van der Waals surface area contributed by atoms with E-state index in [0.29, 0.717) is 5.56 Å². The van der Waals surface area contributed by atoms with Crippen molar-refractivity contribution in [1.29, 1.82) is 0 Å². The lowest BCUT2D eigenvalue weighted by Gasteiger charge is -2.28. The molecular formula is C17H24N2O6. The second-order valence-electron chi connectivity index (χ2n) is 7.26. The fourth-order valence-corrected chi connectivity index (χ4v) is 2.59. The molecule has 1 rings (SSSR count). The maximum absolute atomic E-state index is 12.5. The molecule has 2 N–H and O–H groups in total. The molecule has 1 aromatic carbocycles. The molecule has 0 aromatic heterocycles. The Bertz CT molecular complexity index is 680. The van der Waals surface area contributed by atoms with E-state index in [4.69, 9.17) is 9.84 Å². The van der Waals surface area contributed by atoms with Gasteiger partial charge in [-0.2, -0.15) is 0 Å². The number of nitro benzene ring substituents is 1. The quantitative estimate of drug-likeness (QED) is 0.575. The molecule has 1 aromatic rings. The summed E-state index contributed by atoms with van der Waals surface area (Å²) in [4.78, 5) is 34.3. The van der Waals surface area contributed by atoms with Crippen molar-refractivity contribution in [2.24, 2.45) is 0 Å². The van der Waals surface area contributed by atoms with E-state index in [2.05, 4.69) is 5.32 Å². The molecule has 8 heteroatoms. The Kier molecular flexibility index (Phi) is 6.26. The first-order valence-electron chi connectivity index (χ1n) is 7.72. The van der Waals surface area contributed by atoms with E-state index in [0.717, 1.165) is 0 Å². The van der Waals surface area contributed by atoms with Crippen molar-refractivity contribution >= 4 is 17.6 Å². The van der Waals surface area contributed by atoms with E-state index in [9.17, 15) is 19.7 Å². The Morgan fingerprint density at radius 1 is 1.28 bits per heavy atom. The molecule has 0 heterocycles. The molecule has 8 nitrogen and oxygen atoms in total. The summed E-state index contributed by atoms with van der Waals surface area (Å²) < 4.78 is 4.98. The van der Waals surface area contributed by atoms with Gasteiger partial charge in [0.15, 0.2) is 0 Å². The lowest BCUT2D eigenvalue weighted by molar-refractivity contribution is -0.386. The molecule has 0 saturated carbocycles. The second-order valence-corrected chi connectivity index (χ2v) is 7.26. The number of carboxylic acids is 1. The van der Waals surface area contributed by atoms with Gasteiger partial charge in [-0.05, 0) is 18.4 Å². The Balaban J connectivity index is 3.19. The number of carbonyl (C=O) groups is 2. The van der Waals surface area contributed by atoms with Crippen molar-refractivity contribution in [3.63, 3.8) is 0 Å². The predicted molar refractivity (Wildman–Crippen MR) is 91.8 cm³/mol. The Morgan fingerprint density at radius 2 is 1.88 bits per heavy atom. The number of methoxy groups -OCH3 is 1. The highest BCUT2D eigenvalue weighted by Crippen LogP contribution is 2.32. The molecule has 1 amide bonds. The smallest absolute Gasteiger partial charge is 0.305 e. The minimum absolute atomic E-state index is 0.00674. The number of carbonyl (C=O) groups excluding carboxylic acids is 1. The van der Waals surface area contributed by atoms with Gasteiger partial charge >= 0.3 is 5.97 Å². The van der Waals surface area contributed by atoms with Crippen LogP contribution >= 0.6 is 0 Å². The lowest BCUT2D eigenvalue weighted by Crippen LogP contribution is -2.50. The van der Waals surface area contributed by atoms with Gasteiger partial charge in [-0.25, -0.2) is 0 Å². The molecular weight excluding hydrogens is 328 g/mol. The Hall–Kier alpha value is -2.48. The topological polar surface area (TPSA) is 119 Å². The number of benzene rings is 1. The summed E-state index contributed by atoms with van der Waals surface area (Å²) in [7, 11) is 1.40. The van der Waals surface area contributed by atoms with E-state index in [1.165, 1.54) is 19.2 Å². The normalized spacial score (nSPS) is 13.8. The van der Waals surface area contributed by atoms with Crippen LogP contribution in [-0.2, 0) is 14.9 Å². The number of hydrogen-bond donors (Lipinski definition) is 2. The third-order valence-corrected chi connectivity index (χ3v) is 3.68. The van der Waals surface area contributed by atoms with E-state index >= 15 is 0 Å². The predicted octanol–water partition coefficient (Wildman–Crippen LogP) is 2.50. The zero-order valence-corrected chi connectivity index (χ0v) is 15.1. The van der Waals surface area contributed by atoms with E-state index in [1.807, 2.05) is 20.8 Å². The number of nitro groups is 1. The molecule has 1 atom stereocenters. The molecule has 0 aliphatic rings. The fourth-order valence-electron chi connectivity index (χ4n) is 2.59. The molecule has 0 aliphatic heterocycles. The van der Waals surface area contributed by atoms with Crippen LogP contribution in [0.1, 0.15) is 50.0 Å². The van der Waals surface area contributed by atoms with Crippen LogP contribution in [0.25, 0.3) is 0 Å². The number of nitrogens with one attached hydrogen (secondary N) is 1. The first-order chi connectivity index (χ1) is 11.4. The third kappa shape index (κ3) is 5.53. The molecule has 25 heavy (non-hydrogen) atoms. The van der Waals surface area contributed by atoms with Crippen LogP contribution in [0.3, 0.4) is 0 Å². The van der Waals surface area contributed by atoms with Gasteiger partial charge in [0, 0.05) is 24.3 Å². The minimum atomic E-state index is -1.13. The van der Waals surface area contributed by atoms with Crippen molar-refractivity contribution in [2.75, 3.05) is 13.7 Å². The van der Waals surface area contributed by atoms with Gasteiger partial charge < -0.3 is 15.2 Å². The zero-order valence-electron chi connectivity index (χ0n) is 15.1. The highest BCUT2D eigenvalue weighted by atomic mass is 16.6. The number of amides is 1. The average molecular weight is 352 g/mol. The minimum Gasteiger partial charge on any atom is -0.481 e. The molecule has 0 saturated heterocycles. The van der Waals surface area contributed by atoms with Gasteiger partial charge in [-0.15, -0.1) is 0 Å². The maximum Gasteiger partial charge on any atom is 0.305 e. The van der Waals surface area contributed by atoms with Crippen LogP contribution < -0.4 is 5.32 Å². The largest absolute Gasteiger partial charge is 0.481 e. The van der Waals surface area contributed by atoms with Crippen molar-refractivity contribution in [1.82, 2.24) is 5.32 Å². The molecule has 0 bridgehead atoms. The second kappa shape index (κ2) is 7.60. The molecule has 0 aliphatic carbocycles. The first-order valence-corrected chi connectivity index (χ1v) is 7.72. The summed E-state index contributed by atoms with van der Waals surface area (Å²) >= 11 is 0. The van der Waals surface area contributed by atoms with Crippen LogP contribution in [0.2, 0.25) is 0 Å². The summed E-state index contributed by atoms with van der Waals surface area (Å²) in [6.45, 7) is 7.07. The number of rotatable bonds is 7. The summed E-state index contributed by atoms with van der Waals surface area (Å²) in [5.74, 6) is -1.68. The highest BCUT2D eigenvalue weighted by Gasteiger charge is 2.31. The summed E-state index contributed by atoms with van der Waals surface area (Å²) in [6, 6.07) is 4.26. The Morgan fingerprint density at radius 3 is 2.32 bits per heavy atom. The van der Waals surface area contributed by atoms with E-state index in [1.54, 1.807) is 13.0 Å². The molecule has 1 unspecified atom stereocenters. The van der Waals surface area contributed by atoms with Crippen LogP contribution in [-0.4, -0.2) is 41.2 Å². The van der Waals surface area contributed by atoms with Gasteiger partial charge in [-0.1, -0.05) is 26.8 Å². The van der Waals surface area contributed by atoms with Crippen LogP contribution in [0, 0.1) is 10.1 Å². The SMILES string of the molecule is COCC(C)(CC(=O)O)NC(=O)c1ccc(C(C)(C)C)c([N+](=O)[O-])c1. The Labute approximate surface area is 146 Å². The van der Waals surface area contributed by atoms with Gasteiger partial charge in [0.2, 0.25) is 0 Å². The van der Waals surface area contributed by atoms with Gasteiger partial charge in [-0.3, -0.25) is 19.7 Å². The average Bonchev–Trinajstić information content (AvgIpc) is 2.44. The van der Waals surface area contributed by atoms with Crippen LogP contribution in [0.15, 0.2) is 18.2 Å². The fraction of sp³-hybridized carbons (Fsp3) is 0.529. The summed E-state index contributed by atoms with van der Waals surface area (Å²) in [6.07, 6.45) is -0.339. The standard InChI is InChI=1S/C17H24N2O6/c1-16(2,3)12-7-6-11(8-13(12)19(23)24)15(22)18-17(4,10-25-5)9-14(20)21/h6-8H,9-10H2,1-5H3,(H,18,22)(H,20,21). The third-order valence-electron chi connectivity index (χ3n) is 3.68. The number of carboxylic acid groups (broad SMARTS) is 1. The first kappa shape index (κ1) is 20.6. The monoisotopic (exact) mass is 352 g/mol. The number of hydrogen-bond acceptors (Lipinski definition) is 5. The number of ether oxygens (including phenoxy) is 1. The maximum atomic E-state index is 12.5. The highest BCUT2D eigenvalue weighted by molar-refractivity contribution is 5.95. The van der Waals surface area contributed by atoms with Crippen molar-refractivity contribution in [3.8, 4) is 0 Å².